The van der Waals surface area contributed by atoms with Gasteiger partial charge < -0.3 is 34.4 Å². The number of hydrogen-bond donors (Lipinski definition) is 2. The number of H-pyrrole nitrogens is 1. The number of nitrogens with one attached hydrogen (secondary N) is 1. The molecule has 0 amide bonds. The Kier molecular flexibility index (Phi) is 6.49. The van der Waals surface area contributed by atoms with Gasteiger partial charge in [-0.1, -0.05) is 6.08 Å². The molecule has 0 unspecified atom stereocenters. The fraction of sp³-hybridized carbons (Fsp3) is 0.375. The Morgan fingerprint density at radius 2 is 1.95 bits per heavy atom. The molecule has 0 spiro atoms. The van der Waals surface area contributed by atoms with Gasteiger partial charge in [0.1, 0.15) is 42.0 Å². The summed E-state index contributed by atoms with van der Waals surface area (Å²) in [6.45, 7) is 6.76. The fourth-order valence-corrected chi connectivity index (χ4v) is 4.79. The van der Waals surface area contributed by atoms with E-state index in [0.717, 1.165) is 0 Å². The van der Waals surface area contributed by atoms with Crippen molar-refractivity contribution in [3.8, 4) is 5.75 Å². The Bertz CT molecular complexity index is 1570. The summed E-state index contributed by atoms with van der Waals surface area (Å²) in [6, 6.07) is 6.33. The Hall–Kier alpha value is -4.47. The summed E-state index contributed by atoms with van der Waals surface area (Å²) >= 11 is 0. The number of allylic oxidation sites excluding steroid dienone is 1. The third-order valence-corrected chi connectivity index (χ3v) is 6.28. The van der Waals surface area contributed by atoms with Crippen molar-refractivity contribution in [1.29, 1.82) is 0 Å². The quantitative estimate of drug-likeness (QED) is 0.145. The van der Waals surface area contributed by atoms with E-state index in [4.69, 9.17) is 29.4 Å². The van der Waals surface area contributed by atoms with Gasteiger partial charge in [-0.25, -0.2) is 9.59 Å². The van der Waals surface area contributed by atoms with Gasteiger partial charge in [0, 0.05) is 24.7 Å². The van der Waals surface area contributed by atoms with E-state index < -0.39 is 52.7 Å². The highest BCUT2D eigenvalue weighted by Gasteiger charge is 2.57. The minimum atomic E-state index is -1.08. The number of aromatic nitrogens is 3. The third-order valence-electron chi connectivity index (χ3n) is 6.28. The number of benzene rings is 1. The van der Waals surface area contributed by atoms with Gasteiger partial charge in [-0.3, -0.25) is 24.0 Å². The molecule has 3 aromatic rings. The topological polar surface area (TPSA) is 192 Å². The van der Waals surface area contributed by atoms with E-state index >= 15 is 0 Å². The number of nitrogens with two attached hydrogens (primary N) is 1. The van der Waals surface area contributed by atoms with Gasteiger partial charge in [0.05, 0.1) is 10.4 Å². The number of imidazole rings is 1. The third kappa shape index (κ3) is 4.78. The molecular weight excluding hydrogens is 518 g/mol. The lowest BCUT2D eigenvalue weighted by atomic mass is 10.1. The number of nitrogen functional groups attached to an aromatic ring is 1. The zero-order valence-electron chi connectivity index (χ0n) is 20.9. The van der Waals surface area contributed by atoms with Crippen molar-refractivity contribution in [3.05, 3.63) is 73.9 Å². The van der Waals surface area contributed by atoms with Crippen LogP contribution in [0.25, 0.3) is 11.0 Å². The van der Waals surface area contributed by atoms with Gasteiger partial charge in [0.25, 0.3) is 11.2 Å². The fourth-order valence-electron chi connectivity index (χ4n) is 4.79. The van der Waals surface area contributed by atoms with Crippen LogP contribution in [-0.2, 0) is 25.5 Å². The van der Waals surface area contributed by atoms with E-state index in [-0.39, 0.29) is 41.4 Å². The first-order valence-electron chi connectivity index (χ1n) is 11.8. The molecule has 15 heteroatoms. The summed E-state index contributed by atoms with van der Waals surface area (Å²) in [5.41, 5.74) is 4.89. The van der Waals surface area contributed by atoms with Crippen LogP contribution in [0.15, 0.2) is 52.6 Å². The molecule has 2 aromatic heterocycles. The summed E-state index contributed by atoms with van der Waals surface area (Å²) in [4.78, 5) is 51.2. The van der Waals surface area contributed by atoms with Crippen molar-refractivity contribution in [3.63, 3.8) is 0 Å². The smallest absolute Gasteiger partial charge is 0.431 e. The highest BCUT2D eigenvalue weighted by molar-refractivity contribution is 5.77. The number of nitro benzene ring substituents is 1. The molecule has 39 heavy (non-hydrogen) atoms. The molecule has 1 aromatic carbocycles. The van der Waals surface area contributed by atoms with Crippen molar-refractivity contribution in [1.82, 2.24) is 14.1 Å². The van der Waals surface area contributed by atoms with Crippen molar-refractivity contribution in [2.24, 2.45) is 0 Å². The number of ether oxygens (including phenoxy) is 5. The number of anilines is 1. The number of non-ortho nitro benzene ring substituents is 1. The zero-order valence-corrected chi connectivity index (χ0v) is 20.9. The lowest BCUT2D eigenvalue weighted by Crippen LogP contribution is -2.34. The van der Waals surface area contributed by atoms with Crippen LogP contribution < -0.4 is 21.7 Å². The lowest BCUT2D eigenvalue weighted by Gasteiger charge is -2.24. The number of nitro groups is 1. The summed E-state index contributed by atoms with van der Waals surface area (Å²) in [7, 11) is 0. The van der Waals surface area contributed by atoms with Crippen LogP contribution in [-0.4, -0.2) is 55.9 Å². The van der Waals surface area contributed by atoms with Gasteiger partial charge in [0.15, 0.2) is 12.0 Å². The van der Waals surface area contributed by atoms with E-state index in [2.05, 4.69) is 11.6 Å². The number of carbonyl (C=O) groups is 1. The van der Waals surface area contributed by atoms with Crippen molar-refractivity contribution >= 4 is 28.7 Å². The SMILES string of the molecule is C=CCn1c(=O)n([C@@H]2O[C@H](COC(=O)Oc3ccc([N+](=O)[O-])cc3)[C@H]3OC(C)(C)O[C@H]32)c2cc(N)[nH]c(=O)c21. The molecule has 2 aliphatic heterocycles. The molecule has 2 aliphatic rings. The molecule has 0 bridgehead atoms. The Morgan fingerprint density at radius 3 is 2.62 bits per heavy atom. The summed E-state index contributed by atoms with van der Waals surface area (Å²) in [6.07, 6.45) is -3.09. The molecule has 4 heterocycles. The summed E-state index contributed by atoms with van der Waals surface area (Å²) in [5, 5.41) is 10.8. The lowest BCUT2D eigenvalue weighted by molar-refractivity contribution is -0.384. The van der Waals surface area contributed by atoms with E-state index in [9.17, 15) is 24.5 Å². The normalized spacial score (nSPS) is 23.4. The van der Waals surface area contributed by atoms with Gasteiger partial charge in [-0.2, -0.15) is 0 Å². The van der Waals surface area contributed by atoms with E-state index in [1.807, 2.05) is 0 Å². The average molecular weight is 543 g/mol. The predicted molar refractivity (Wildman–Crippen MR) is 134 cm³/mol. The Labute approximate surface area is 219 Å². The van der Waals surface area contributed by atoms with Crippen LogP contribution in [0.1, 0.15) is 20.1 Å². The predicted octanol–water partition coefficient (Wildman–Crippen LogP) is 1.80. The largest absolute Gasteiger partial charge is 0.513 e. The standard InChI is InChI=1S/C24H25N5O10/c1-4-9-27-17-14(10-16(25)26-20(17)30)28(22(27)31)21-19-18(38-24(2,3)39-19)15(37-21)11-35-23(32)36-13-7-5-12(6-8-13)29(33)34/h4-8,10,15,18-19,21H,1,9,11H2,2-3H3,(H3,25,26,30)/t15-,18-,19-,21-/m1/s1. The van der Waals surface area contributed by atoms with E-state index in [0.29, 0.717) is 0 Å². The molecule has 2 saturated heterocycles. The molecule has 15 nitrogen and oxygen atoms in total. The van der Waals surface area contributed by atoms with E-state index in [1.54, 1.807) is 13.8 Å². The molecule has 0 saturated carbocycles. The van der Waals surface area contributed by atoms with Gasteiger partial charge >= 0.3 is 11.8 Å². The first kappa shape index (κ1) is 26.1. The number of pyridine rings is 1. The molecule has 0 aliphatic carbocycles. The summed E-state index contributed by atoms with van der Waals surface area (Å²) in [5.74, 6) is -0.960. The van der Waals surface area contributed by atoms with Gasteiger partial charge in [-0.05, 0) is 26.0 Å². The maximum absolute atomic E-state index is 13.5. The minimum Gasteiger partial charge on any atom is -0.431 e. The van der Waals surface area contributed by atoms with Gasteiger partial charge in [0.2, 0.25) is 0 Å². The highest BCUT2D eigenvalue weighted by atomic mass is 16.8. The number of carbonyl (C=O) groups excluding carboxylic acids is 1. The number of rotatable bonds is 7. The van der Waals surface area contributed by atoms with Crippen molar-refractivity contribution in [2.75, 3.05) is 12.3 Å². The molecular formula is C24H25N5O10. The van der Waals surface area contributed by atoms with Crippen molar-refractivity contribution in [2.45, 2.75) is 50.7 Å². The molecule has 2 fully saturated rings. The second-order valence-corrected chi connectivity index (χ2v) is 9.38. The van der Waals surface area contributed by atoms with Crippen LogP contribution >= 0.6 is 0 Å². The zero-order chi connectivity index (χ0) is 28.1. The number of hydrogen-bond acceptors (Lipinski definition) is 11. The first-order chi connectivity index (χ1) is 18.5. The summed E-state index contributed by atoms with van der Waals surface area (Å²) < 4.78 is 31.0. The maximum atomic E-state index is 13.5. The van der Waals surface area contributed by atoms with Crippen LogP contribution in [0.4, 0.5) is 16.3 Å². The highest BCUT2D eigenvalue weighted by Crippen LogP contribution is 2.43. The second kappa shape index (κ2) is 9.68. The second-order valence-electron chi connectivity index (χ2n) is 9.38. The number of aromatic amines is 1. The van der Waals surface area contributed by atoms with Crippen LogP contribution in [0, 0.1) is 10.1 Å². The van der Waals surface area contributed by atoms with Crippen LogP contribution in [0.2, 0.25) is 0 Å². The Morgan fingerprint density at radius 1 is 1.26 bits per heavy atom. The average Bonchev–Trinajstić information content (AvgIpc) is 3.44. The minimum absolute atomic E-state index is 0.0414. The van der Waals surface area contributed by atoms with E-state index in [1.165, 1.54) is 45.5 Å². The van der Waals surface area contributed by atoms with Crippen LogP contribution in [0.3, 0.4) is 0 Å². The number of fused-ring (bicyclic) bond motifs is 2. The molecule has 3 N–H and O–H groups in total. The maximum Gasteiger partial charge on any atom is 0.513 e. The first-order valence-corrected chi connectivity index (χ1v) is 11.8. The molecule has 0 radical (unpaired) electrons. The Balaban J connectivity index is 1.41. The monoisotopic (exact) mass is 543 g/mol. The molecule has 5 rings (SSSR count). The molecule has 4 atom stereocenters. The van der Waals surface area contributed by atoms with Crippen LogP contribution in [0.5, 0.6) is 5.75 Å². The number of nitrogens with zero attached hydrogens (tertiary/aromatic N) is 3. The van der Waals surface area contributed by atoms with Crippen molar-refractivity contribution < 1.29 is 33.4 Å². The molecule has 206 valence electrons. The van der Waals surface area contributed by atoms with Gasteiger partial charge in [-0.15, -0.1) is 6.58 Å².